The molecule has 3 heteroatoms. The topological polar surface area (TPSA) is 38.3 Å². The molecule has 15 heavy (non-hydrogen) atoms. The molecule has 3 nitrogen and oxygen atoms in total. The van der Waals surface area contributed by atoms with Gasteiger partial charge in [0.25, 0.3) is 0 Å². The Kier molecular flexibility index (Phi) is 3.14. The fourth-order valence-corrected chi connectivity index (χ4v) is 2.02. The monoisotopic (exact) mass is 205 g/mol. The third kappa shape index (κ3) is 2.08. The molecule has 1 aromatic rings. The average Bonchev–Trinajstić information content (AvgIpc) is 2.28. The maximum absolute atomic E-state index is 11.8. The van der Waals surface area contributed by atoms with Gasteiger partial charge in [-0.15, -0.1) is 0 Å². The van der Waals surface area contributed by atoms with E-state index >= 15 is 0 Å². The lowest BCUT2D eigenvalue weighted by molar-refractivity contribution is -0.125. The van der Waals surface area contributed by atoms with E-state index in [9.17, 15) is 4.79 Å². The number of hydrogen-bond donors (Lipinski definition) is 1. The van der Waals surface area contributed by atoms with Gasteiger partial charge in [0.05, 0.1) is 6.04 Å². The molecule has 1 atom stereocenters. The summed E-state index contributed by atoms with van der Waals surface area (Å²) in [6, 6.07) is 7.90. The molecule has 0 fully saturated rings. The number of hydrogen-bond acceptors (Lipinski definition) is 3. The van der Waals surface area contributed by atoms with Crippen molar-refractivity contribution in [3.05, 3.63) is 35.4 Å². The van der Waals surface area contributed by atoms with Crippen molar-refractivity contribution in [3.63, 3.8) is 0 Å². The summed E-state index contributed by atoms with van der Waals surface area (Å²) in [7, 11) is 1.55. The highest BCUT2D eigenvalue weighted by molar-refractivity contribution is 5.87. The smallest absolute Gasteiger partial charge is 0.179 e. The summed E-state index contributed by atoms with van der Waals surface area (Å²) in [5, 5.41) is 3.23. The second kappa shape index (κ2) is 4.55. The number of nitrogens with one attached hydrogen (secondary N) is 1. The Morgan fingerprint density at radius 3 is 3.13 bits per heavy atom. The van der Waals surface area contributed by atoms with E-state index in [1.54, 1.807) is 7.11 Å². The van der Waals surface area contributed by atoms with Crippen molar-refractivity contribution in [2.45, 2.75) is 12.5 Å². The Labute approximate surface area is 89.4 Å². The third-order valence-corrected chi connectivity index (χ3v) is 2.72. The zero-order valence-electron chi connectivity index (χ0n) is 8.82. The Morgan fingerprint density at radius 2 is 2.33 bits per heavy atom. The molecule has 0 amide bonds. The van der Waals surface area contributed by atoms with Crippen LogP contribution in [0.15, 0.2) is 24.3 Å². The Balaban J connectivity index is 2.25. The van der Waals surface area contributed by atoms with E-state index < -0.39 is 0 Å². The van der Waals surface area contributed by atoms with Crippen LogP contribution in [-0.4, -0.2) is 26.0 Å². The normalized spacial score (nSPS) is 19.7. The van der Waals surface area contributed by atoms with E-state index in [0.29, 0.717) is 0 Å². The van der Waals surface area contributed by atoms with Gasteiger partial charge in [0.2, 0.25) is 0 Å². The van der Waals surface area contributed by atoms with Crippen LogP contribution in [0.3, 0.4) is 0 Å². The van der Waals surface area contributed by atoms with Gasteiger partial charge in [-0.2, -0.15) is 0 Å². The molecule has 1 N–H and O–H groups in total. The van der Waals surface area contributed by atoms with Crippen LogP contribution in [0.1, 0.15) is 17.2 Å². The minimum Gasteiger partial charge on any atom is -0.377 e. The first-order valence-corrected chi connectivity index (χ1v) is 5.16. The first-order chi connectivity index (χ1) is 7.33. The molecule has 0 aliphatic carbocycles. The molecule has 1 aliphatic rings. The van der Waals surface area contributed by atoms with Crippen LogP contribution in [0.4, 0.5) is 0 Å². The van der Waals surface area contributed by atoms with Gasteiger partial charge in [-0.25, -0.2) is 0 Å². The minimum absolute atomic E-state index is 0.102. The molecule has 0 bridgehead atoms. The zero-order valence-corrected chi connectivity index (χ0v) is 8.82. The summed E-state index contributed by atoms with van der Waals surface area (Å²) < 4.78 is 4.88. The van der Waals surface area contributed by atoms with Gasteiger partial charge in [0, 0.05) is 13.7 Å². The average molecular weight is 205 g/mol. The van der Waals surface area contributed by atoms with E-state index in [2.05, 4.69) is 11.4 Å². The molecule has 0 spiro atoms. The van der Waals surface area contributed by atoms with E-state index in [1.165, 1.54) is 5.56 Å². The number of carbonyl (C=O) groups is 1. The second-order valence-corrected chi connectivity index (χ2v) is 3.74. The fraction of sp³-hybridized carbons (Fsp3) is 0.417. The Morgan fingerprint density at radius 1 is 1.53 bits per heavy atom. The number of rotatable bonds is 3. The second-order valence-electron chi connectivity index (χ2n) is 3.74. The van der Waals surface area contributed by atoms with Crippen molar-refractivity contribution in [1.82, 2.24) is 5.32 Å². The van der Waals surface area contributed by atoms with Crippen molar-refractivity contribution < 1.29 is 9.53 Å². The minimum atomic E-state index is -0.185. The number of Topliss-reactive ketones (excluding diaryl/α,β-unsaturated/α-hetero) is 1. The van der Waals surface area contributed by atoms with Crippen LogP contribution in [0.5, 0.6) is 0 Å². The highest BCUT2D eigenvalue weighted by Crippen LogP contribution is 2.23. The van der Waals surface area contributed by atoms with Gasteiger partial charge < -0.3 is 10.1 Å². The molecule has 1 aromatic carbocycles. The third-order valence-electron chi connectivity index (χ3n) is 2.72. The van der Waals surface area contributed by atoms with Crippen molar-refractivity contribution in [2.24, 2.45) is 0 Å². The fourth-order valence-electron chi connectivity index (χ4n) is 2.02. The van der Waals surface area contributed by atoms with Gasteiger partial charge in [-0.1, -0.05) is 24.3 Å². The summed E-state index contributed by atoms with van der Waals surface area (Å²) in [6.07, 6.45) is 0.993. The molecular formula is C12H15NO2. The Hall–Kier alpha value is -1.19. The SMILES string of the molecule is COCC(=O)C1NCCc2ccccc21. The van der Waals surface area contributed by atoms with Gasteiger partial charge in [0.1, 0.15) is 6.61 Å². The summed E-state index contributed by atoms with van der Waals surface area (Å²) in [5.74, 6) is 0.102. The van der Waals surface area contributed by atoms with Crippen LogP contribution in [0.25, 0.3) is 0 Å². The molecule has 80 valence electrons. The van der Waals surface area contributed by atoms with Crippen LogP contribution in [0, 0.1) is 0 Å². The molecule has 0 radical (unpaired) electrons. The predicted octanol–water partition coefficient (Wildman–Crippen LogP) is 1.09. The zero-order chi connectivity index (χ0) is 10.7. The van der Waals surface area contributed by atoms with Crippen molar-refractivity contribution in [1.29, 1.82) is 0 Å². The molecule has 0 saturated heterocycles. The first-order valence-electron chi connectivity index (χ1n) is 5.16. The number of ether oxygens (including phenoxy) is 1. The molecule has 0 aromatic heterocycles. The summed E-state index contributed by atoms with van der Waals surface area (Å²) >= 11 is 0. The number of benzene rings is 1. The molecule has 2 rings (SSSR count). The number of carbonyl (C=O) groups excluding carboxylic acids is 1. The molecule has 0 saturated carbocycles. The van der Waals surface area contributed by atoms with Crippen molar-refractivity contribution in [3.8, 4) is 0 Å². The maximum Gasteiger partial charge on any atom is 0.179 e. The van der Waals surface area contributed by atoms with E-state index in [1.807, 2.05) is 18.2 Å². The lowest BCUT2D eigenvalue weighted by Crippen LogP contribution is -2.36. The summed E-state index contributed by atoms with van der Waals surface area (Å²) in [4.78, 5) is 11.8. The van der Waals surface area contributed by atoms with E-state index in [0.717, 1.165) is 18.5 Å². The lowest BCUT2D eigenvalue weighted by Gasteiger charge is -2.25. The van der Waals surface area contributed by atoms with E-state index in [4.69, 9.17) is 4.74 Å². The predicted molar refractivity (Wildman–Crippen MR) is 57.8 cm³/mol. The largest absolute Gasteiger partial charge is 0.377 e. The van der Waals surface area contributed by atoms with Crippen LogP contribution >= 0.6 is 0 Å². The van der Waals surface area contributed by atoms with Gasteiger partial charge >= 0.3 is 0 Å². The van der Waals surface area contributed by atoms with Crippen molar-refractivity contribution in [2.75, 3.05) is 20.3 Å². The molecule has 1 unspecified atom stereocenters. The molecule has 1 heterocycles. The highest BCUT2D eigenvalue weighted by Gasteiger charge is 2.24. The highest BCUT2D eigenvalue weighted by atomic mass is 16.5. The van der Waals surface area contributed by atoms with Crippen LogP contribution in [0.2, 0.25) is 0 Å². The van der Waals surface area contributed by atoms with Gasteiger partial charge in [-0.3, -0.25) is 4.79 Å². The molecular weight excluding hydrogens is 190 g/mol. The molecule has 1 aliphatic heterocycles. The Bertz CT molecular complexity index is 362. The number of fused-ring (bicyclic) bond motifs is 1. The summed E-state index contributed by atoms with van der Waals surface area (Å²) in [6.45, 7) is 1.03. The van der Waals surface area contributed by atoms with Crippen LogP contribution < -0.4 is 5.32 Å². The number of ketones is 1. The first kappa shape index (κ1) is 10.3. The van der Waals surface area contributed by atoms with Crippen molar-refractivity contribution >= 4 is 5.78 Å². The maximum atomic E-state index is 11.8. The van der Waals surface area contributed by atoms with Gasteiger partial charge in [0.15, 0.2) is 5.78 Å². The summed E-state index contributed by atoms with van der Waals surface area (Å²) in [5.41, 5.74) is 2.37. The standard InChI is InChI=1S/C12H15NO2/c1-15-8-11(14)12-10-5-3-2-4-9(10)6-7-13-12/h2-5,12-13H,6-8H2,1H3. The quantitative estimate of drug-likeness (QED) is 0.802. The van der Waals surface area contributed by atoms with E-state index in [-0.39, 0.29) is 18.4 Å². The number of methoxy groups -OCH3 is 1. The van der Waals surface area contributed by atoms with Gasteiger partial charge in [-0.05, 0) is 17.5 Å². The lowest BCUT2D eigenvalue weighted by atomic mass is 9.92. The van der Waals surface area contributed by atoms with Crippen LogP contribution in [-0.2, 0) is 16.0 Å².